The first kappa shape index (κ1) is 14.6. The SMILES string of the molecule is CCc1ccccc1O[C@@H](C)C(=O)NC(C)(C)C. The summed E-state index contributed by atoms with van der Waals surface area (Å²) in [7, 11) is 0. The maximum Gasteiger partial charge on any atom is 0.261 e. The van der Waals surface area contributed by atoms with Crippen molar-refractivity contribution in [3.8, 4) is 5.75 Å². The average Bonchev–Trinajstić information content (AvgIpc) is 2.27. The molecule has 3 nitrogen and oxygen atoms in total. The number of rotatable bonds is 4. The molecule has 0 aliphatic heterocycles. The maximum absolute atomic E-state index is 11.9. The van der Waals surface area contributed by atoms with Crippen LogP contribution in [0.4, 0.5) is 0 Å². The summed E-state index contributed by atoms with van der Waals surface area (Å²) in [4.78, 5) is 11.9. The number of ether oxygens (including phenoxy) is 1. The number of aryl methyl sites for hydroxylation is 1. The van der Waals surface area contributed by atoms with Gasteiger partial charge in [0.05, 0.1) is 0 Å². The molecule has 0 saturated heterocycles. The number of benzene rings is 1. The van der Waals surface area contributed by atoms with Crippen molar-refractivity contribution in [1.82, 2.24) is 5.32 Å². The van der Waals surface area contributed by atoms with Gasteiger partial charge in [-0.15, -0.1) is 0 Å². The van der Waals surface area contributed by atoms with Crippen LogP contribution in [0, 0.1) is 0 Å². The molecule has 0 fully saturated rings. The Morgan fingerprint density at radius 1 is 1.33 bits per heavy atom. The van der Waals surface area contributed by atoms with Crippen molar-refractivity contribution < 1.29 is 9.53 Å². The van der Waals surface area contributed by atoms with Crippen LogP contribution in [-0.4, -0.2) is 17.6 Å². The van der Waals surface area contributed by atoms with E-state index in [1.807, 2.05) is 45.0 Å². The second kappa shape index (κ2) is 5.89. The van der Waals surface area contributed by atoms with E-state index in [0.29, 0.717) is 0 Å². The van der Waals surface area contributed by atoms with E-state index in [4.69, 9.17) is 4.74 Å². The van der Waals surface area contributed by atoms with Gasteiger partial charge in [0, 0.05) is 5.54 Å². The summed E-state index contributed by atoms with van der Waals surface area (Å²) in [6, 6.07) is 7.82. The van der Waals surface area contributed by atoms with Crippen LogP contribution in [-0.2, 0) is 11.2 Å². The Balaban J connectivity index is 2.69. The first-order valence-electron chi connectivity index (χ1n) is 6.40. The van der Waals surface area contributed by atoms with Crippen LogP contribution in [0.3, 0.4) is 0 Å². The topological polar surface area (TPSA) is 38.3 Å². The third-order valence-corrected chi connectivity index (χ3v) is 2.52. The first-order chi connectivity index (χ1) is 8.33. The summed E-state index contributed by atoms with van der Waals surface area (Å²) in [5.41, 5.74) is 0.881. The number of para-hydroxylation sites is 1. The zero-order valence-electron chi connectivity index (χ0n) is 11.9. The van der Waals surface area contributed by atoms with Gasteiger partial charge in [0.15, 0.2) is 6.10 Å². The molecule has 3 heteroatoms. The Kier molecular flexibility index (Phi) is 4.76. The fourth-order valence-electron chi connectivity index (χ4n) is 1.63. The summed E-state index contributed by atoms with van der Waals surface area (Å²) in [6.07, 6.45) is 0.404. The molecule has 0 bridgehead atoms. The number of carbonyl (C=O) groups is 1. The molecule has 1 rings (SSSR count). The lowest BCUT2D eigenvalue weighted by Gasteiger charge is -2.24. The van der Waals surface area contributed by atoms with Gasteiger partial charge in [-0.2, -0.15) is 0 Å². The van der Waals surface area contributed by atoms with Crippen LogP contribution in [0.15, 0.2) is 24.3 Å². The van der Waals surface area contributed by atoms with E-state index >= 15 is 0 Å². The number of nitrogens with one attached hydrogen (secondary N) is 1. The van der Waals surface area contributed by atoms with E-state index in [1.165, 1.54) is 0 Å². The predicted molar refractivity (Wildman–Crippen MR) is 73.8 cm³/mol. The van der Waals surface area contributed by atoms with Crippen molar-refractivity contribution in [2.24, 2.45) is 0 Å². The van der Waals surface area contributed by atoms with Gasteiger partial charge in [-0.25, -0.2) is 0 Å². The lowest BCUT2D eigenvalue weighted by atomic mass is 10.1. The summed E-state index contributed by atoms with van der Waals surface area (Å²) in [5, 5.41) is 2.91. The van der Waals surface area contributed by atoms with Gasteiger partial charge in [-0.1, -0.05) is 25.1 Å². The highest BCUT2D eigenvalue weighted by atomic mass is 16.5. The molecule has 0 saturated carbocycles. The van der Waals surface area contributed by atoms with Crippen LogP contribution in [0.25, 0.3) is 0 Å². The minimum absolute atomic E-state index is 0.0894. The molecule has 18 heavy (non-hydrogen) atoms. The number of hydrogen-bond donors (Lipinski definition) is 1. The van der Waals surface area contributed by atoms with Gasteiger partial charge < -0.3 is 10.1 Å². The summed E-state index contributed by atoms with van der Waals surface area (Å²) in [5.74, 6) is 0.699. The zero-order valence-corrected chi connectivity index (χ0v) is 11.9. The second-order valence-corrected chi connectivity index (χ2v) is 5.46. The number of hydrogen-bond acceptors (Lipinski definition) is 2. The largest absolute Gasteiger partial charge is 0.481 e. The van der Waals surface area contributed by atoms with Gasteiger partial charge in [-0.05, 0) is 45.7 Å². The highest BCUT2D eigenvalue weighted by Crippen LogP contribution is 2.19. The highest BCUT2D eigenvalue weighted by molar-refractivity contribution is 5.81. The highest BCUT2D eigenvalue weighted by Gasteiger charge is 2.20. The summed E-state index contributed by atoms with van der Waals surface area (Å²) < 4.78 is 5.73. The third-order valence-electron chi connectivity index (χ3n) is 2.52. The number of amides is 1. The van der Waals surface area contributed by atoms with Crippen molar-refractivity contribution in [1.29, 1.82) is 0 Å². The molecule has 0 heterocycles. The average molecular weight is 249 g/mol. The molecule has 1 amide bonds. The molecule has 1 atom stereocenters. The van der Waals surface area contributed by atoms with E-state index in [-0.39, 0.29) is 11.4 Å². The van der Waals surface area contributed by atoms with Crippen molar-refractivity contribution in [2.45, 2.75) is 52.7 Å². The molecule has 0 spiro atoms. The second-order valence-electron chi connectivity index (χ2n) is 5.46. The van der Waals surface area contributed by atoms with Gasteiger partial charge in [0.2, 0.25) is 0 Å². The Bertz CT molecular complexity index is 407. The normalized spacial score (nSPS) is 12.9. The molecule has 0 radical (unpaired) electrons. The van der Waals surface area contributed by atoms with Crippen LogP contribution in [0.2, 0.25) is 0 Å². The van der Waals surface area contributed by atoms with Crippen LogP contribution < -0.4 is 10.1 Å². The maximum atomic E-state index is 11.9. The van der Waals surface area contributed by atoms with Crippen LogP contribution in [0.1, 0.15) is 40.2 Å². The van der Waals surface area contributed by atoms with Gasteiger partial charge in [0.1, 0.15) is 5.75 Å². The molecule has 1 aromatic rings. The van der Waals surface area contributed by atoms with Crippen molar-refractivity contribution in [2.75, 3.05) is 0 Å². The minimum atomic E-state index is -0.489. The molecule has 1 aromatic carbocycles. The fourth-order valence-corrected chi connectivity index (χ4v) is 1.63. The molecule has 1 N–H and O–H groups in total. The van der Waals surface area contributed by atoms with Gasteiger partial charge in [0.25, 0.3) is 5.91 Å². The molecular formula is C15H23NO2. The molecule has 0 aromatic heterocycles. The molecular weight excluding hydrogens is 226 g/mol. The van der Waals surface area contributed by atoms with E-state index in [2.05, 4.69) is 12.2 Å². The fraction of sp³-hybridized carbons (Fsp3) is 0.533. The third kappa shape index (κ3) is 4.40. The summed E-state index contributed by atoms with van der Waals surface area (Å²) in [6.45, 7) is 9.71. The van der Waals surface area contributed by atoms with Crippen molar-refractivity contribution in [3.63, 3.8) is 0 Å². The van der Waals surface area contributed by atoms with Crippen LogP contribution in [0.5, 0.6) is 5.75 Å². The Morgan fingerprint density at radius 3 is 2.50 bits per heavy atom. The van der Waals surface area contributed by atoms with Crippen LogP contribution >= 0.6 is 0 Å². The minimum Gasteiger partial charge on any atom is -0.481 e. The quantitative estimate of drug-likeness (QED) is 0.891. The Morgan fingerprint density at radius 2 is 1.94 bits per heavy atom. The Labute approximate surface area is 110 Å². The predicted octanol–water partition coefficient (Wildman–Crippen LogP) is 2.93. The molecule has 100 valence electrons. The zero-order chi connectivity index (χ0) is 13.8. The van der Waals surface area contributed by atoms with Gasteiger partial charge in [-0.3, -0.25) is 4.79 Å². The monoisotopic (exact) mass is 249 g/mol. The smallest absolute Gasteiger partial charge is 0.261 e. The summed E-state index contributed by atoms with van der Waals surface area (Å²) >= 11 is 0. The van der Waals surface area contributed by atoms with E-state index < -0.39 is 6.10 Å². The molecule has 0 aliphatic carbocycles. The van der Waals surface area contributed by atoms with E-state index in [0.717, 1.165) is 17.7 Å². The Hall–Kier alpha value is -1.51. The number of carbonyl (C=O) groups excluding carboxylic acids is 1. The first-order valence-corrected chi connectivity index (χ1v) is 6.40. The van der Waals surface area contributed by atoms with E-state index in [9.17, 15) is 4.79 Å². The van der Waals surface area contributed by atoms with Crippen molar-refractivity contribution >= 4 is 5.91 Å². The molecule has 0 aliphatic rings. The van der Waals surface area contributed by atoms with E-state index in [1.54, 1.807) is 6.92 Å². The molecule has 0 unspecified atom stereocenters. The standard InChI is InChI=1S/C15H23NO2/c1-6-12-9-7-8-10-13(12)18-11(2)14(17)16-15(3,4)5/h7-11H,6H2,1-5H3,(H,16,17)/t11-/m0/s1. The van der Waals surface area contributed by atoms with Gasteiger partial charge >= 0.3 is 0 Å². The lowest BCUT2D eigenvalue weighted by Crippen LogP contribution is -2.46. The van der Waals surface area contributed by atoms with Crippen molar-refractivity contribution in [3.05, 3.63) is 29.8 Å². The lowest BCUT2D eigenvalue weighted by molar-refractivity contribution is -0.128.